The Balaban J connectivity index is 1.52. The van der Waals surface area contributed by atoms with E-state index in [1.807, 2.05) is 59.5 Å². The molecule has 0 radical (unpaired) electrons. The second kappa shape index (κ2) is 10.3. The number of methoxy groups -OCH3 is 2. The molecule has 0 spiro atoms. The first-order valence-electron chi connectivity index (χ1n) is 11.1. The Morgan fingerprint density at radius 1 is 0.969 bits per heavy atom. The summed E-state index contributed by atoms with van der Waals surface area (Å²) in [6, 6.07) is 26.2. The first-order chi connectivity index (χ1) is 15.7. The molecule has 1 fully saturated rings. The fourth-order valence-corrected chi connectivity index (χ4v) is 4.50. The Hall–Kier alpha value is -3.31. The smallest absolute Gasteiger partial charge is 0.237 e. The summed E-state index contributed by atoms with van der Waals surface area (Å²) in [5, 5.41) is 3.51. The van der Waals surface area contributed by atoms with Crippen LogP contribution in [0.4, 0.5) is 0 Å². The predicted octanol–water partition coefficient (Wildman–Crippen LogP) is 4.75. The lowest BCUT2D eigenvalue weighted by Crippen LogP contribution is -2.39. The standard InChI is InChI=1S/C27H30N2O3/c1-31-22-15-16-25(32-2)23(18-22)24-14-9-17-29(24)26(30)19-28-27(20-10-5-3-6-11-20)21-12-7-4-8-13-21/h3-8,10-13,15-16,18,24,27-28H,9,14,17,19H2,1-2H3. The minimum atomic E-state index is -0.0474. The first-order valence-corrected chi connectivity index (χ1v) is 11.1. The van der Waals surface area contributed by atoms with E-state index in [-0.39, 0.29) is 24.5 Å². The van der Waals surface area contributed by atoms with Crippen LogP contribution in [0.3, 0.4) is 0 Å². The van der Waals surface area contributed by atoms with E-state index in [9.17, 15) is 4.79 Å². The maximum Gasteiger partial charge on any atom is 0.237 e. The lowest BCUT2D eigenvalue weighted by atomic mass is 9.98. The van der Waals surface area contributed by atoms with Crippen molar-refractivity contribution in [3.63, 3.8) is 0 Å². The molecule has 0 saturated carbocycles. The largest absolute Gasteiger partial charge is 0.497 e. The zero-order chi connectivity index (χ0) is 22.3. The number of nitrogens with zero attached hydrogens (tertiary/aromatic N) is 1. The molecule has 32 heavy (non-hydrogen) atoms. The van der Waals surface area contributed by atoms with Gasteiger partial charge in [-0.05, 0) is 42.2 Å². The molecular formula is C27H30N2O3. The summed E-state index contributed by atoms with van der Waals surface area (Å²) in [6.07, 6.45) is 1.88. The van der Waals surface area contributed by atoms with Gasteiger partial charge in [-0.1, -0.05) is 60.7 Å². The van der Waals surface area contributed by atoms with E-state index in [1.54, 1.807) is 14.2 Å². The third-order valence-electron chi connectivity index (χ3n) is 6.09. The molecule has 0 bridgehead atoms. The molecule has 5 nitrogen and oxygen atoms in total. The van der Waals surface area contributed by atoms with Crippen LogP contribution in [0.1, 0.15) is 41.6 Å². The van der Waals surface area contributed by atoms with E-state index in [0.717, 1.165) is 47.6 Å². The highest BCUT2D eigenvalue weighted by Gasteiger charge is 2.32. The molecule has 166 valence electrons. The van der Waals surface area contributed by atoms with Crippen molar-refractivity contribution in [2.45, 2.75) is 24.9 Å². The fourth-order valence-electron chi connectivity index (χ4n) is 4.50. The molecule has 3 aromatic rings. The average Bonchev–Trinajstić information content (AvgIpc) is 3.35. The van der Waals surface area contributed by atoms with Crippen LogP contribution in [-0.2, 0) is 4.79 Å². The van der Waals surface area contributed by atoms with E-state index in [4.69, 9.17) is 9.47 Å². The minimum Gasteiger partial charge on any atom is -0.497 e. The molecule has 0 aliphatic carbocycles. The fraction of sp³-hybridized carbons (Fsp3) is 0.296. The van der Waals surface area contributed by atoms with E-state index >= 15 is 0 Å². The number of benzene rings is 3. The van der Waals surface area contributed by atoms with Crippen LogP contribution >= 0.6 is 0 Å². The second-order valence-electron chi connectivity index (χ2n) is 7.99. The number of carbonyl (C=O) groups is 1. The van der Waals surface area contributed by atoms with Crippen LogP contribution in [-0.4, -0.2) is 38.1 Å². The highest BCUT2D eigenvalue weighted by Crippen LogP contribution is 2.39. The molecule has 1 atom stereocenters. The zero-order valence-electron chi connectivity index (χ0n) is 18.7. The minimum absolute atomic E-state index is 0.0127. The molecular weight excluding hydrogens is 400 g/mol. The molecule has 1 unspecified atom stereocenters. The number of ether oxygens (including phenoxy) is 2. The van der Waals surface area contributed by atoms with Crippen molar-refractivity contribution < 1.29 is 14.3 Å². The number of rotatable bonds is 8. The van der Waals surface area contributed by atoms with Crippen molar-refractivity contribution in [3.8, 4) is 11.5 Å². The molecule has 1 aliphatic heterocycles. The van der Waals surface area contributed by atoms with E-state index in [0.29, 0.717) is 0 Å². The number of hydrogen-bond donors (Lipinski definition) is 1. The van der Waals surface area contributed by atoms with Crippen LogP contribution < -0.4 is 14.8 Å². The maximum absolute atomic E-state index is 13.3. The molecule has 5 heteroatoms. The van der Waals surface area contributed by atoms with Crippen LogP contribution in [0.25, 0.3) is 0 Å². The highest BCUT2D eigenvalue weighted by atomic mass is 16.5. The Morgan fingerprint density at radius 3 is 2.22 bits per heavy atom. The van der Waals surface area contributed by atoms with E-state index < -0.39 is 0 Å². The number of amides is 1. The maximum atomic E-state index is 13.3. The average molecular weight is 431 g/mol. The van der Waals surface area contributed by atoms with Crippen molar-refractivity contribution in [2.75, 3.05) is 27.3 Å². The molecule has 1 heterocycles. The van der Waals surface area contributed by atoms with Crippen LogP contribution in [0.2, 0.25) is 0 Å². The van der Waals surface area contributed by atoms with Gasteiger partial charge in [0.15, 0.2) is 0 Å². The zero-order valence-corrected chi connectivity index (χ0v) is 18.7. The van der Waals surface area contributed by atoms with Crippen LogP contribution in [0.15, 0.2) is 78.9 Å². The Bertz CT molecular complexity index is 984. The van der Waals surface area contributed by atoms with Gasteiger partial charge in [0.2, 0.25) is 5.91 Å². The normalized spacial score (nSPS) is 15.7. The monoisotopic (exact) mass is 430 g/mol. The lowest BCUT2D eigenvalue weighted by molar-refractivity contribution is -0.131. The Kier molecular flexibility index (Phi) is 7.07. The lowest BCUT2D eigenvalue weighted by Gasteiger charge is -2.28. The SMILES string of the molecule is COc1ccc(OC)c(C2CCCN2C(=O)CNC(c2ccccc2)c2ccccc2)c1. The molecule has 4 rings (SSSR count). The van der Waals surface area contributed by atoms with Gasteiger partial charge in [-0.25, -0.2) is 0 Å². The topological polar surface area (TPSA) is 50.8 Å². The summed E-state index contributed by atoms with van der Waals surface area (Å²) in [6.45, 7) is 1.00. The van der Waals surface area contributed by atoms with Gasteiger partial charge in [0.05, 0.1) is 32.8 Å². The summed E-state index contributed by atoms with van der Waals surface area (Å²) < 4.78 is 11.0. The van der Waals surface area contributed by atoms with E-state index in [1.165, 1.54) is 0 Å². The summed E-state index contributed by atoms with van der Waals surface area (Å²) >= 11 is 0. The van der Waals surface area contributed by atoms with Gasteiger partial charge in [-0.15, -0.1) is 0 Å². The van der Waals surface area contributed by atoms with Gasteiger partial charge in [0, 0.05) is 12.1 Å². The van der Waals surface area contributed by atoms with E-state index in [2.05, 4.69) is 29.6 Å². The van der Waals surface area contributed by atoms with Crippen molar-refractivity contribution in [3.05, 3.63) is 95.6 Å². The predicted molar refractivity (Wildman–Crippen MR) is 126 cm³/mol. The van der Waals surface area contributed by atoms with Crippen molar-refractivity contribution in [1.29, 1.82) is 0 Å². The summed E-state index contributed by atoms with van der Waals surface area (Å²) in [5.74, 6) is 1.65. The van der Waals surface area contributed by atoms with Crippen LogP contribution in [0, 0.1) is 0 Å². The van der Waals surface area contributed by atoms with Gasteiger partial charge in [0.1, 0.15) is 11.5 Å². The van der Waals surface area contributed by atoms with Gasteiger partial charge in [-0.3, -0.25) is 10.1 Å². The molecule has 1 saturated heterocycles. The second-order valence-corrected chi connectivity index (χ2v) is 7.99. The molecule has 1 N–H and O–H groups in total. The highest BCUT2D eigenvalue weighted by molar-refractivity contribution is 5.79. The van der Waals surface area contributed by atoms with Crippen molar-refractivity contribution in [2.24, 2.45) is 0 Å². The van der Waals surface area contributed by atoms with Crippen LogP contribution in [0.5, 0.6) is 11.5 Å². The molecule has 0 aromatic heterocycles. The van der Waals surface area contributed by atoms with Gasteiger partial charge >= 0.3 is 0 Å². The summed E-state index contributed by atoms with van der Waals surface area (Å²) in [5.41, 5.74) is 3.28. The third kappa shape index (κ3) is 4.78. The quantitative estimate of drug-likeness (QED) is 0.561. The molecule has 1 amide bonds. The number of nitrogens with one attached hydrogen (secondary N) is 1. The number of carbonyl (C=O) groups excluding carboxylic acids is 1. The number of hydrogen-bond acceptors (Lipinski definition) is 4. The third-order valence-corrected chi connectivity index (χ3v) is 6.09. The molecule has 3 aromatic carbocycles. The van der Waals surface area contributed by atoms with Gasteiger partial charge < -0.3 is 14.4 Å². The first kappa shape index (κ1) is 21.9. The molecule has 1 aliphatic rings. The van der Waals surface area contributed by atoms with Gasteiger partial charge in [0.25, 0.3) is 0 Å². The summed E-state index contributed by atoms with van der Waals surface area (Å²) in [7, 11) is 3.32. The van der Waals surface area contributed by atoms with Crippen molar-refractivity contribution >= 4 is 5.91 Å². The van der Waals surface area contributed by atoms with Crippen molar-refractivity contribution in [1.82, 2.24) is 10.2 Å². The summed E-state index contributed by atoms with van der Waals surface area (Å²) in [4.78, 5) is 15.3. The van der Waals surface area contributed by atoms with Gasteiger partial charge in [-0.2, -0.15) is 0 Å². The Morgan fingerprint density at radius 2 is 1.62 bits per heavy atom. The number of likely N-dealkylation sites (tertiary alicyclic amines) is 1. The Labute approximate surface area is 190 Å².